The second-order valence-electron chi connectivity index (χ2n) is 11.8. The molecular formula is C26H44O23. The summed E-state index contributed by atoms with van der Waals surface area (Å²) in [6, 6.07) is 0. The molecule has 0 spiro atoms. The highest BCUT2D eigenvalue weighted by Gasteiger charge is 2.55. The topological polar surface area (TPSA) is 374 Å². The number of aliphatic carboxylic acids is 1. The highest BCUT2D eigenvalue weighted by Crippen LogP contribution is 2.34. The Morgan fingerprint density at radius 1 is 0.429 bits per heavy atom. The van der Waals surface area contributed by atoms with E-state index in [2.05, 4.69) is 0 Å². The molecule has 1 unspecified atom stereocenters. The SMILES string of the molecule is O=C(O)COC1O[C@@H](CO)[C@H](O[C@@H]2O[C@@H](CO)[C@H](O[C@H]3O[C@@H](CO)[C@H](O[C@H]4O[C@@H](CO)[C@H](O)[C@@H](O)[C@@H]4O)[C@@H](O)[C@@H]3O)[C@@H](O)[C@@H]2O)[C@@H](O)[C@@H]1O. The van der Waals surface area contributed by atoms with Crippen LogP contribution in [-0.2, 0) is 42.7 Å². The Balaban J connectivity index is 1.42. The first-order chi connectivity index (χ1) is 23.2. The smallest absolute Gasteiger partial charge is 0.329 e. The van der Waals surface area contributed by atoms with Gasteiger partial charge >= 0.3 is 5.97 Å². The molecule has 14 N–H and O–H groups in total. The molecule has 4 saturated heterocycles. The molecule has 23 heteroatoms. The van der Waals surface area contributed by atoms with Crippen LogP contribution in [0.1, 0.15) is 0 Å². The minimum Gasteiger partial charge on any atom is -0.480 e. The molecule has 0 aromatic rings. The number of carboxylic acid groups (broad SMARTS) is 1. The molecule has 20 atom stereocenters. The summed E-state index contributed by atoms with van der Waals surface area (Å²) in [4.78, 5) is 10.8. The highest BCUT2D eigenvalue weighted by molar-refractivity contribution is 5.68. The quantitative estimate of drug-likeness (QED) is 0.0838. The lowest BCUT2D eigenvalue weighted by Gasteiger charge is -2.49. The molecule has 0 saturated carbocycles. The maximum Gasteiger partial charge on any atom is 0.329 e. The Morgan fingerprint density at radius 3 is 1.08 bits per heavy atom. The van der Waals surface area contributed by atoms with Crippen molar-refractivity contribution >= 4 is 5.97 Å². The molecule has 0 amide bonds. The summed E-state index contributed by atoms with van der Waals surface area (Å²) < 4.78 is 43.0. The van der Waals surface area contributed by atoms with Gasteiger partial charge in [0.2, 0.25) is 0 Å². The van der Waals surface area contributed by atoms with Crippen molar-refractivity contribution < 1.29 is 114 Å². The standard InChI is InChI=1S/C26H44O23/c27-1-6-11(33)12(34)16(38)24(43-6)47-21-8(3-29)45-26(18(40)14(21)36)49-22-9(4-30)46-25(19(41)15(22)37)48-20-7(2-28)44-23(17(39)13(20)35)42-5-10(31)32/h6-9,11-30,33-41H,1-5H2,(H,31,32)/t6-,7-,8-,9-,11-,12+,13-,14-,15-,16-,17-,18-,19-,20-,21-,22-,23?,24+,25-,26+/m0/s1. The second-order valence-corrected chi connectivity index (χ2v) is 11.8. The number of carboxylic acids is 1. The fourth-order valence-electron chi connectivity index (χ4n) is 5.82. The molecule has 4 rings (SSSR count). The lowest BCUT2D eigenvalue weighted by Crippen LogP contribution is -2.67. The van der Waals surface area contributed by atoms with Gasteiger partial charge in [0.25, 0.3) is 0 Å². The average Bonchev–Trinajstić information content (AvgIpc) is 3.08. The molecule has 0 bridgehead atoms. The van der Waals surface area contributed by atoms with E-state index in [4.69, 9.17) is 43.0 Å². The van der Waals surface area contributed by atoms with Gasteiger partial charge in [-0.15, -0.1) is 0 Å². The maximum atomic E-state index is 10.9. The van der Waals surface area contributed by atoms with Gasteiger partial charge in [-0.3, -0.25) is 0 Å². The predicted molar refractivity (Wildman–Crippen MR) is 145 cm³/mol. The van der Waals surface area contributed by atoms with Crippen molar-refractivity contribution in [3.8, 4) is 0 Å². The zero-order valence-electron chi connectivity index (χ0n) is 25.5. The van der Waals surface area contributed by atoms with Crippen molar-refractivity contribution in [3.05, 3.63) is 0 Å². The largest absolute Gasteiger partial charge is 0.480 e. The molecule has 4 aliphatic rings. The van der Waals surface area contributed by atoms with E-state index in [1.165, 1.54) is 0 Å². The van der Waals surface area contributed by atoms with Gasteiger partial charge in [0, 0.05) is 0 Å². The van der Waals surface area contributed by atoms with E-state index >= 15 is 0 Å². The number of rotatable bonds is 13. The second kappa shape index (κ2) is 17.4. The molecule has 0 aliphatic carbocycles. The van der Waals surface area contributed by atoms with Gasteiger partial charge in [-0.1, -0.05) is 0 Å². The summed E-state index contributed by atoms with van der Waals surface area (Å²) in [5.74, 6) is -1.42. The van der Waals surface area contributed by atoms with E-state index in [0.29, 0.717) is 0 Å². The highest BCUT2D eigenvalue weighted by atomic mass is 16.8. The van der Waals surface area contributed by atoms with E-state index in [1.807, 2.05) is 0 Å². The Morgan fingerprint density at radius 2 is 0.735 bits per heavy atom. The zero-order valence-corrected chi connectivity index (χ0v) is 25.5. The molecule has 4 heterocycles. The molecule has 0 radical (unpaired) electrons. The van der Waals surface area contributed by atoms with Crippen molar-refractivity contribution in [1.29, 1.82) is 0 Å². The maximum absolute atomic E-state index is 10.9. The summed E-state index contributed by atoms with van der Waals surface area (Å²) >= 11 is 0. The molecule has 0 aromatic heterocycles. The van der Waals surface area contributed by atoms with Gasteiger partial charge in [-0.25, -0.2) is 4.79 Å². The molecule has 286 valence electrons. The van der Waals surface area contributed by atoms with E-state index < -0.39 is 162 Å². The van der Waals surface area contributed by atoms with Crippen molar-refractivity contribution in [3.63, 3.8) is 0 Å². The van der Waals surface area contributed by atoms with Crippen LogP contribution in [0.4, 0.5) is 0 Å². The molecule has 0 aromatic carbocycles. The van der Waals surface area contributed by atoms with Crippen LogP contribution in [0.25, 0.3) is 0 Å². The molecule has 4 fully saturated rings. The van der Waals surface area contributed by atoms with Crippen LogP contribution in [0.3, 0.4) is 0 Å². The van der Waals surface area contributed by atoms with Crippen molar-refractivity contribution in [2.45, 2.75) is 123 Å². The Kier molecular flexibility index (Phi) is 14.4. The number of hydrogen-bond donors (Lipinski definition) is 14. The molecule has 4 aliphatic heterocycles. The van der Waals surface area contributed by atoms with Crippen LogP contribution >= 0.6 is 0 Å². The van der Waals surface area contributed by atoms with Crippen LogP contribution in [0.2, 0.25) is 0 Å². The minimum absolute atomic E-state index is 0.797. The van der Waals surface area contributed by atoms with Gasteiger partial charge < -0.3 is 109 Å². The number of aliphatic hydroxyl groups excluding tert-OH is 13. The van der Waals surface area contributed by atoms with Crippen molar-refractivity contribution in [2.75, 3.05) is 33.0 Å². The summed E-state index contributed by atoms with van der Waals surface area (Å²) in [7, 11) is 0. The van der Waals surface area contributed by atoms with Gasteiger partial charge in [-0.05, 0) is 0 Å². The zero-order chi connectivity index (χ0) is 36.3. The van der Waals surface area contributed by atoms with Crippen LogP contribution in [0.15, 0.2) is 0 Å². The molecular weight excluding hydrogens is 680 g/mol. The van der Waals surface area contributed by atoms with Crippen LogP contribution in [-0.4, -0.2) is 233 Å². The van der Waals surface area contributed by atoms with Gasteiger partial charge in [-0.2, -0.15) is 0 Å². The number of carbonyl (C=O) groups is 1. The van der Waals surface area contributed by atoms with Gasteiger partial charge in [0.15, 0.2) is 25.2 Å². The number of ether oxygens (including phenoxy) is 8. The first-order valence-corrected chi connectivity index (χ1v) is 15.2. The fourth-order valence-corrected chi connectivity index (χ4v) is 5.82. The molecule has 23 nitrogen and oxygen atoms in total. The van der Waals surface area contributed by atoms with Gasteiger partial charge in [0.05, 0.1) is 26.4 Å². The molecule has 49 heavy (non-hydrogen) atoms. The van der Waals surface area contributed by atoms with Crippen molar-refractivity contribution in [1.82, 2.24) is 0 Å². The van der Waals surface area contributed by atoms with E-state index in [-0.39, 0.29) is 0 Å². The third-order valence-electron chi connectivity index (χ3n) is 8.56. The predicted octanol–water partition coefficient (Wildman–Crippen LogP) is -9.64. The Bertz CT molecular complexity index is 1030. The lowest BCUT2D eigenvalue weighted by molar-refractivity contribution is -0.388. The Labute approximate surface area is 276 Å². The third kappa shape index (κ3) is 8.65. The first kappa shape index (κ1) is 40.4. The normalized spacial score (nSPS) is 49.5. The summed E-state index contributed by atoms with van der Waals surface area (Å²) in [5.41, 5.74) is 0. The minimum atomic E-state index is -2.06. The monoisotopic (exact) mass is 724 g/mol. The average molecular weight is 725 g/mol. The van der Waals surface area contributed by atoms with E-state index in [0.717, 1.165) is 0 Å². The number of aliphatic hydroxyl groups is 13. The Hall–Kier alpha value is -1.37. The van der Waals surface area contributed by atoms with Crippen LogP contribution in [0, 0.1) is 0 Å². The third-order valence-corrected chi connectivity index (χ3v) is 8.56. The summed E-state index contributed by atoms with van der Waals surface area (Å²) in [6.45, 7) is -4.44. The van der Waals surface area contributed by atoms with Gasteiger partial charge in [0.1, 0.15) is 104 Å². The lowest BCUT2D eigenvalue weighted by atomic mass is 9.95. The first-order valence-electron chi connectivity index (χ1n) is 15.2. The van der Waals surface area contributed by atoms with E-state index in [1.54, 1.807) is 0 Å². The summed E-state index contributed by atoms with van der Waals surface area (Å²) in [6.07, 6.45) is -35.8. The number of hydrogen-bond acceptors (Lipinski definition) is 22. The van der Waals surface area contributed by atoms with Crippen LogP contribution < -0.4 is 0 Å². The fraction of sp³-hybridized carbons (Fsp3) is 0.962. The van der Waals surface area contributed by atoms with Crippen molar-refractivity contribution in [2.24, 2.45) is 0 Å². The van der Waals surface area contributed by atoms with E-state index in [9.17, 15) is 71.2 Å². The van der Waals surface area contributed by atoms with Crippen LogP contribution in [0.5, 0.6) is 0 Å². The summed E-state index contributed by atoms with van der Waals surface area (Å²) in [5, 5.41) is 143.